The van der Waals surface area contributed by atoms with Gasteiger partial charge in [-0.05, 0) is 43.3 Å². The first-order chi connectivity index (χ1) is 13.3. The molecule has 2 aromatic rings. The van der Waals surface area contributed by atoms with Crippen LogP contribution in [0.15, 0.2) is 52.3 Å². The van der Waals surface area contributed by atoms with Crippen molar-refractivity contribution in [2.45, 2.75) is 22.0 Å². The zero-order valence-electron chi connectivity index (χ0n) is 15.8. The number of anilines is 1. The largest absolute Gasteiger partial charge is 0.486 e. The minimum Gasteiger partial charge on any atom is -0.486 e. The van der Waals surface area contributed by atoms with Gasteiger partial charge >= 0.3 is 0 Å². The first-order valence-electron chi connectivity index (χ1n) is 8.67. The van der Waals surface area contributed by atoms with Crippen molar-refractivity contribution in [3.63, 3.8) is 0 Å². The SMILES string of the molecule is CC(Sc1ccc2c(c1)OCCO2)C(=O)Nc1cccc(S(=O)(=O)N(C)C)c1. The highest BCUT2D eigenvalue weighted by Gasteiger charge is 2.20. The third kappa shape index (κ3) is 4.60. The molecule has 1 atom stereocenters. The summed E-state index contributed by atoms with van der Waals surface area (Å²) in [5.41, 5.74) is 0.433. The average molecular weight is 423 g/mol. The molecule has 0 radical (unpaired) electrons. The summed E-state index contributed by atoms with van der Waals surface area (Å²) in [5, 5.41) is 2.39. The summed E-state index contributed by atoms with van der Waals surface area (Å²) in [6, 6.07) is 11.8. The standard InChI is InChI=1S/C19H22N2O5S2/c1-13(27-15-7-8-17-18(12-15)26-10-9-25-17)19(22)20-14-5-4-6-16(11-14)28(23,24)21(2)3/h4-8,11-13H,9-10H2,1-3H3,(H,20,22). The van der Waals surface area contributed by atoms with E-state index in [0.717, 1.165) is 9.20 Å². The number of benzene rings is 2. The smallest absolute Gasteiger partial charge is 0.242 e. The molecule has 9 heteroatoms. The molecule has 2 aromatic carbocycles. The lowest BCUT2D eigenvalue weighted by Gasteiger charge is -2.19. The van der Waals surface area contributed by atoms with E-state index in [1.165, 1.54) is 38.0 Å². The van der Waals surface area contributed by atoms with E-state index in [0.29, 0.717) is 30.4 Å². The normalized spacial score (nSPS) is 14.6. The molecule has 0 saturated heterocycles. The molecule has 0 saturated carbocycles. The van der Waals surface area contributed by atoms with Crippen molar-refractivity contribution < 1.29 is 22.7 Å². The predicted octanol–water partition coefficient (Wildman–Crippen LogP) is 2.83. The van der Waals surface area contributed by atoms with E-state index >= 15 is 0 Å². The van der Waals surface area contributed by atoms with Gasteiger partial charge in [-0.3, -0.25) is 4.79 Å². The van der Waals surface area contributed by atoms with E-state index in [9.17, 15) is 13.2 Å². The van der Waals surface area contributed by atoms with Crippen LogP contribution in [-0.2, 0) is 14.8 Å². The van der Waals surface area contributed by atoms with Crippen LogP contribution in [0.5, 0.6) is 11.5 Å². The Labute approximate surface area is 169 Å². The summed E-state index contributed by atoms with van der Waals surface area (Å²) in [6.07, 6.45) is 0. The van der Waals surface area contributed by atoms with Crippen LogP contribution in [0.3, 0.4) is 0 Å². The third-order valence-electron chi connectivity index (χ3n) is 4.08. The van der Waals surface area contributed by atoms with Gasteiger partial charge < -0.3 is 14.8 Å². The summed E-state index contributed by atoms with van der Waals surface area (Å²) < 4.78 is 36.7. The van der Waals surface area contributed by atoms with Crippen LogP contribution in [0.25, 0.3) is 0 Å². The summed E-state index contributed by atoms with van der Waals surface area (Å²) in [7, 11) is -0.632. The Bertz CT molecular complexity index is 976. The summed E-state index contributed by atoms with van der Waals surface area (Å²) >= 11 is 1.38. The molecular weight excluding hydrogens is 400 g/mol. The molecule has 1 N–H and O–H groups in total. The van der Waals surface area contributed by atoms with Gasteiger partial charge in [-0.2, -0.15) is 0 Å². The van der Waals surface area contributed by atoms with Crippen molar-refractivity contribution in [2.75, 3.05) is 32.6 Å². The van der Waals surface area contributed by atoms with Crippen molar-refractivity contribution in [1.82, 2.24) is 4.31 Å². The lowest BCUT2D eigenvalue weighted by molar-refractivity contribution is -0.115. The topological polar surface area (TPSA) is 84.9 Å². The van der Waals surface area contributed by atoms with Gasteiger partial charge in [-0.15, -0.1) is 11.8 Å². The zero-order chi connectivity index (χ0) is 20.3. The molecule has 0 spiro atoms. The number of fused-ring (bicyclic) bond motifs is 1. The maximum absolute atomic E-state index is 12.6. The summed E-state index contributed by atoms with van der Waals surface area (Å²) in [4.78, 5) is 13.6. The highest BCUT2D eigenvalue weighted by Crippen LogP contribution is 2.35. The zero-order valence-corrected chi connectivity index (χ0v) is 17.5. The Morgan fingerprint density at radius 3 is 2.54 bits per heavy atom. The van der Waals surface area contributed by atoms with Crippen LogP contribution in [0.2, 0.25) is 0 Å². The molecule has 7 nitrogen and oxygen atoms in total. The second-order valence-electron chi connectivity index (χ2n) is 6.37. The predicted molar refractivity (Wildman–Crippen MR) is 109 cm³/mol. The van der Waals surface area contributed by atoms with Gasteiger partial charge in [-0.25, -0.2) is 12.7 Å². The Balaban J connectivity index is 1.68. The fourth-order valence-electron chi connectivity index (χ4n) is 2.54. The second-order valence-corrected chi connectivity index (χ2v) is 9.94. The van der Waals surface area contributed by atoms with E-state index in [1.807, 2.05) is 18.2 Å². The summed E-state index contributed by atoms with van der Waals surface area (Å²) in [6.45, 7) is 2.82. The molecule has 3 rings (SSSR count). The molecule has 1 amide bonds. The third-order valence-corrected chi connectivity index (χ3v) is 6.98. The van der Waals surface area contributed by atoms with Crippen molar-refractivity contribution >= 4 is 33.4 Å². The molecular formula is C19H22N2O5S2. The minimum absolute atomic E-state index is 0.127. The fourth-order valence-corrected chi connectivity index (χ4v) is 4.39. The number of sulfonamides is 1. The molecule has 0 aromatic heterocycles. The van der Waals surface area contributed by atoms with Gasteiger partial charge in [0.2, 0.25) is 15.9 Å². The van der Waals surface area contributed by atoms with Crippen LogP contribution >= 0.6 is 11.8 Å². The van der Waals surface area contributed by atoms with Crippen LogP contribution in [0.4, 0.5) is 5.69 Å². The lowest BCUT2D eigenvalue weighted by atomic mass is 10.3. The van der Waals surface area contributed by atoms with E-state index in [1.54, 1.807) is 19.1 Å². The highest BCUT2D eigenvalue weighted by molar-refractivity contribution is 8.00. The molecule has 0 bridgehead atoms. The Hall–Kier alpha value is -2.23. The highest BCUT2D eigenvalue weighted by atomic mass is 32.2. The molecule has 1 unspecified atom stereocenters. The number of hydrogen-bond donors (Lipinski definition) is 1. The molecule has 1 aliphatic rings. The second kappa shape index (κ2) is 8.42. The number of nitrogens with zero attached hydrogens (tertiary/aromatic N) is 1. The number of hydrogen-bond acceptors (Lipinski definition) is 6. The number of carbonyl (C=O) groups excluding carboxylic acids is 1. The van der Waals surface area contributed by atoms with Crippen LogP contribution in [0, 0.1) is 0 Å². The molecule has 1 heterocycles. The number of ether oxygens (including phenoxy) is 2. The average Bonchev–Trinajstić information content (AvgIpc) is 2.68. The van der Waals surface area contributed by atoms with Gasteiger partial charge in [0.15, 0.2) is 11.5 Å². The molecule has 0 aliphatic carbocycles. The number of carbonyl (C=O) groups is 1. The van der Waals surface area contributed by atoms with E-state index in [4.69, 9.17) is 9.47 Å². The Kier molecular flexibility index (Phi) is 6.17. The van der Waals surface area contributed by atoms with Gasteiger partial charge in [0.1, 0.15) is 13.2 Å². The monoisotopic (exact) mass is 422 g/mol. The van der Waals surface area contributed by atoms with Gasteiger partial charge in [0, 0.05) is 24.7 Å². The van der Waals surface area contributed by atoms with Crippen LogP contribution in [0.1, 0.15) is 6.92 Å². The summed E-state index contributed by atoms with van der Waals surface area (Å²) in [5.74, 6) is 1.15. The molecule has 150 valence electrons. The minimum atomic E-state index is -3.56. The van der Waals surface area contributed by atoms with Gasteiger partial charge in [0.05, 0.1) is 10.1 Å². The fraction of sp³-hybridized carbons (Fsp3) is 0.316. The van der Waals surface area contributed by atoms with Crippen molar-refractivity contribution in [3.05, 3.63) is 42.5 Å². The Morgan fingerprint density at radius 1 is 1.11 bits per heavy atom. The Morgan fingerprint density at radius 2 is 1.82 bits per heavy atom. The van der Waals surface area contributed by atoms with Crippen molar-refractivity contribution in [3.8, 4) is 11.5 Å². The lowest BCUT2D eigenvalue weighted by Crippen LogP contribution is -2.24. The number of thioether (sulfide) groups is 1. The van der Waals surface area contributed by atoms with Crippen molar-refractivity contribution in [1.29, 1.82) is 0 Å². The maximum atomic E-state index is 12.6. The van der Waals surface area contributed by atoms with Crippen LogP contribution in [-0.4, -0.2) is 51.2 Å². The number of amides is 1. The molecule has 0 fully saturated rings. The quantitative estimate of drug-likeness (QED) is 0.721. The van der Waals surface area contributed by atoms with Crippen molar-refractivity contribution in [2.24, 2.45) is 0 Å². The van der Waals surface area contributed by atoms with E-state index in [-0.39, 0.29) is 10.8 Å². The van der Waals surface area contributed by atoms with E-state index in [2.05, 4.69) is 5.32 Å². The first kappa shape index (κ1) is 20.5. The van der Waals surface area contributed by atoms with Gasteiger partial charge in [0.25, 0.3) is 0 Å². The first-order valence-corrected chi connectivity index (χ1v) is 11.0. The van der Waals surface area contributed by atoms with Crippen LogP contribution < -0.4 is 14.8 Å². The van der Waals surface area contributed by atoms with Gasteiger partial charge in [-0.1, -0.05) is 6.07 Å². The van der Waals surface area contributed by atoms with E-state index < -0.39 is 15.3 Å². The molecule has 28 heavy (non-hydrogen) atoms. The molecule has 1 aliphatic heterocycles. The number of rotatable bonds is 6. The number of nitrogens with one attached hydrogen (secondary N) is 1. The maximum Gasteiger partial charge on any atom is 0.242 e.